The van der Waals surface area contributed by atoms with Crippen molar-refractivity contribution in [3.8, 4) is 5.75 Å². The zero-order valence-corrected chi connectivity index (χ0v) is 16.4. The zero-order chi connectivity index (χ0) is 20.5. The Hall–Kier alpha value is -3.60. The smallest absolute Gasteiger partial charge is 0.262 e. The third-order valence-electron chi connectivity index (χ3n) is 4.37. The maximum Gasteiger partial charge on any atom is 0.262 e. The van der Waals surface area contributed by atoms with E-state index < -0.39 is 0 Å². The first kappa shape index (κ1) is 20.1. The van der Waals surface area contributed by atoms with Crippen molar-refractivity contribution in [2.45, 2.75) is 19.8 Å². The van der Waals surface area contributed by atoms with Gasteiger partial charge in [-0.25, -0.2) is 0 Å². The number of amides is 2. The van der Waals surface area contributed by atoms with Gasteiger partial charge >= 0.3 is 0 Å². The highest BCUT2D eigenvalue weighted by molar-refractivity contribution is 5.94. The summed E-state index contributed by atoms with van der Waals surface area (Å²) < 4.78 is 5.56. The maximum atomic E-state index is 12.2. The minimum atomic E-state index is -0.263. The van der Waals surface area contributed by atoms with Crippen molar-refractivity contribution in [3.05, 3.63) is 90.0 Å². The Morgan fingerprint density at radius 2 is 1.45 bits per heavy atom. The van der Waals surface area contributed by atoms with Crippen molar-refractivity contribution in [3.63, 3.8) is 0 Å². The zero-order valence-electron chi connectivity index (χ0n) is 16.4. The topological polar surface area (TPSA) is 67.4 Å². The van der Waals surface area contributed by atoms with E-state index in [9.17, 15) is 9.59 Å². The average molecular weight is 388 g/mol. The van der Waals surface area contributed by atoms with Gasteiger partial charge in [-0.1, -0.05) is 54.6 Å². The minimum Gasteiger partial charge on any atom is -0.483 e. The van der Waals surface area contributed by atoms with Crippen LogP contribution in [-0.4, -0.2) is 18.4 Å². The second kappa shape index (κ2) is 10.1. The monoisotopic (exact) mass is 388 g/mol. The molecule has 3 aromatic rings. The molecular formula is C24H24N2O3. The summed E-state index contributed by atoms with van der Waals surface area (Å²) in [5.74, 6) is 0.350. The van der Waals surface area contributed by atoms with Crippen LogP contribution >= 0.6 is 0 Å². The largest absolute Gasteiger partial charge is 0.483 e. The van der Waals surface area contributed by atoms with Gasteiger partial charge < -0.3 is 15.4 Å². The van der Waals surface area contributed by atoms with Crippen molar-refractivity contribution in [1.29, 1.82) is 0 Å². The van der Waals surface area contributed by atoms with Crippen LogP contribution in [0.3, 0.4) is 0 Å². The van der Waals surface area contributed by atoms with Gasteiger partial charge in [-0.3, -0.25) is 9.59 Å². The van der Waals surface area contributed by atoms with Gasteiger partial charge in [0.05, 0.1) is 0 Å². The van der Waals surface area contributed by atoms with Crippen molar-refractivity contribution in [2.24, 2.45) is 0 Å². The summed E-state index contributed by atoms with van der Waals surface area (Å²) in [7, 11) is 0. The number of ether oxygens (including phenoxy) is 1. The molecule has 0 unspecified atom stereocenters. The first-order chi connectivity index (χ1) is 14.1. The van der Waals surface area contributed by atoms with E-state index in [1.54, 1.807) is 24.3 Å². The molecule has 2 amide bonds. The second-order valence-electron chi connectivity index (χ2n) is 6.72. The molecule has 0 fully saturated rings. The highest BCUT2D eigenvalue weighted by Crippen LogP contribution is 2.18. The fourth-order valence-corrected chi connectivity index (χ4v) is 2.86. The van der Waals surface area contributed by atoms with Gasteiger partial charge in [0.15, 0.2) is 6.61 Å². The molecule has 5 heteroatoms. The van der Waals surface area contributed by atoms with E-state index in [1.165, 1.54) is 0 Å². The van der Waals surface area contributed by atoms with Crippen LogP contribution in [0.25, 0.3) is 0 Å². The molecule has 0 radical (unpaired) electrons. The number of carbonyl (C=O) groups is 2. The predicted octanol–water partition coefficient (Wildman–Crippen LogP) is 4.58. The summed E-state index contributed by atoms with van der Waals surface area (Å²) in [4.78, 5) is 24.4. The molecule has 0 aliphatic rings. The van der Waals surface area contributed by atoms with Crippen LogP contribution in [-0.2, 0) is 16.0 Å². The third kappa shape index (κ3) is 6.50. The number of aryl methyl sites for hydroxylation is 2. The molecule has 0 aliphatic heterocycles. The fourth-order valence-electron chi connectivity index (χ4n) is 2.86. The molecule has 0 bridgehead atoms. The summed E-state index contributed by atoms with van der Waals surface area (Å²) in [6.45, 7) is 1.84. The second-order valence-corrected chi connectivity index (χ2v) is 6.72. The molecule has 0 saturated heterocycles. The first-order valence-corrected chi connectivity index (χ1v) is 9.52. The Morgan fingerprint density at radius 3 is 2.17 bits per heavy atom. The molecule has 0 aliphatic carbocycles. The SMILES string of the molecule is Cc1ccccc1OCC(=O)Nc1cccc(NC(=O)CCc2ccccc2)c1. The molecule has 0 atom stereocenters. The van der Waals surface area contributed by atoms with E-state index in [4.69, 9.17) is 4.74 Å². The van der Waals surface area contributed by atoms with Crippen LogP contribution in [0.4, 0.5) is 11.4 Å². The number of hydrogen-bond acceptors (Lipinski definition) is 3. The fraction of sp³-hybridized carbons (Fsp3) is 0.167. The van der Waals surface area contributed by atoms with E-state index in [0.29, 0.717) is 30.0 Å². The Labute approximate surface area is 170 Å². The van der Waals surface area contributed by atoms with Crippen LogP contribution in [0.1, 0.15) is 17.5 Å². The number of para-hydroxylation sites is 1. The van der Waals surface area contributed by atoms with E-state index in [-0.39, 0.29) is 18.4 Å². The number of rotatable bonds is 8. The van der Waals surface area contributed by atoms with Crippen molar-refractivity contribution in [2.75, 3.05) is 17.2 Å². The highest BCUT2D eigenvalue weighted by atomic mass is 16.5. The lowest BCUT2D eigenvalue weighted by atomic mass is 10.1. The first-order valence-electron chi connectivity index (χ1n) is 9.52. The predicted molar refractivity (Wildman–Crippen MR) is 115 cm³/mol. The van der Waals surface area contributed by atoms with E-state index >= 15 is 0 Å². The van der Waals surface area contributed by atoms with Gasteiger partial charge in [0.2, 0.25) is 5.91 Å². The molecule has 3 aromatic carbocycles. The van der Waals surface area contributed by atoms with Crippen LogP contribution < -0.4 is 15.4 Å². The van der Waals surface area contributed by atoms with Gasteiger partial charge in [0.1, 0.15) is 5.75 Å². The lowest BCUT2D eigenvalue weighted by molar-refractivity contribution is -0.118. The molecule has 0 aromatic heterocycles. The van der Waals surface area contributed by atoms with Gasteiger partial charge in [-0.15, -0.1) is 0 Å². The highest BCUT2D eigenvalue weighted by Gasteiger charge is 2.07. The quantitative estimate of drug-likeness (QED) is 0.593. The average Bonchev–Trinajstić information content (AvgIpc) is 2.73. The Kier molecular flexibility index (Phi) is 7.00. The number of carbonyl (C=O) groups excluding carboxylic acids is 2. The van der Waals surface area contributed by atoms with Gasteiger partial charge in [0, 0.05) is 17.8 Å². The number of nitrogens with one attached hydrogen (secondary N) is 2. The van der Waals surface area contributed by atoms with E-state index in [0.717, 1.165) is 11.1 Å². The summed E-state index contributed by atoms with van der Waals surface area (Å²) >= 11 is 0. The van der Waals surface area contributed by atoms with Crippen molar-refractivity contribution < 1.29 is 14.3 Å². The summed E-state index contributed by atoms with van der Waals surface area (Å²) in [5, 5.41) is 5.66. The lowest BCUT2D eigenvalue weighted by Gasteiger charge is -2.11. The Morgan fingerprint density at radius 1 is 0.793 bits per heavy atom. The molecule has 0 spiro atoms. The van der Waals surface area contributed by atoms with Crippen LogP contribution in [0, 0.1) is 6.92 Å². The van der Waals surface area contributed by atoms with Gasteiger partial charge in [-0.2, -0.15) is 0 Å². The molecular weight excluding hydrogens is 364 g/mol. The number of anilines is 2. The standard InChI is InChI=1S/C24H24N2O3/c1-18-8-5-6-13-22(18)29-17-24(28)26-21-12-7-11-20(16-21)25-23(27)15-14-19-9-3-2-4-10-19/h2-13,16H,14-15,17H2,1H3,(H,25,27)(H,26,28). The molecule has 0 saturated carbocycles. The maximum absolute atomic E-state index is 12.2. The van der Waals surface area contributed by atoms with Crippen LogP contribution in [0.15, 0.2) is 78.9 Å². The summed E-state index contributed by atoms with van der Waals surface area (Å²) in [6.07, 6.45) is 1.07. The molecule has 0 heterocycles. The van der Waals surface area contributed by atoms with Gasteiger partial charge in [0.25, 0.3) is 5.91 Å². The molecule has 3 rings (SSSR count). The minimum absolute atomic E-state index is 0.0692. The molecule has 5 nitrogen and oxygen atoms in total. The summed E-state index contributed by atoms with van der Waals surface area (Å²) in [6, 6.07) is 24.5. The van der Waals surface area contributed by atoms with Crippen LogP contribution in [0.5, 0.6) is 5.75 Å². The number of benzene rings is 3. The Bertz CT molecular complexity index is 971. The molecule has 148 valence electrons. The van der Waals surface area contributed by atoms with E-state index in [1.807, 2.05) is 61.5 Å². The normalized spacial score (nSPS) is 10.2. The van der Waals surface area contributed by atoms with Gasteiger partial charge in [-0.05, 0) is 48.7 Å². The summed E-state index contributed by atoms with van der Waals surface area (Å²) in [5.41, 5.74) is 3.34. The number of hydrogen-bond donors (Lipinski definition) is 2. The molecule has 29 heavy (non-hydrogen) atoms. The van der Waals surface area contributed by atoms with Crippen molar-refractivity contribution >= 4 is 23.2 Å². The Balaban J connectivity index is 1.49. The van der Waals surface area contributed by atoms with Crippen LogP contribution in [0.2, 0.25) is 0 Å². The molecule has 2 N–H and O–H groups in total. The van der Waals surface area contributed by atoms with Crippen molar-refractivity contribution in [1.82, 2.24) is 0 Å². The third-order valence-corrected chi connectivity index (χ3v) is 4.37. The lowest BCUT2D eigenvalue weighted by Crippen LogP contribution is -2.20. The van der Waals surface area contributed by atoms with E-state index in [2.05, 4.69) is 10.6 Å².